The van der Waals surface area contributed by atoms with Crippen LogP contribution in [0, 0.1) is 0 Å². The van der Waals surface area contributed by atoms with Crippen molar-refractivity contribution in [3.8, 4) is 0 Å². The number of hydrogen-bond donors (Lipinski definition) is 1. The number of hydrogen-bond acceptors (Lipinski definition) is 3. The van der Waals surface area contributed by atoms with Crippen LogP contribution in [-0.4, -0.2) is 16.7 Å². The zero-order chi connectivity index (χ0) is 12.0. The largest absolute Gasteiger partial charge is 0.507 e. The third-order valence-electron chi connectivity index (χ3n) is 3.49. The van der Waals surface area contributed by atoms with Gasteiger partial charge in [-0.25, -0.2) is 0 Å². The van der Waals surface area contributed by atoms with E-state index in [0.717, 1.165) is 37.3 Å². The summed E-state index contributed by atoms with van der Waals surface area (Å²) in [5.74, 6) is -1.23. The van der Waals surface area contributed by atoms with E-state index in [-0.39, 0.29) is 5.76 Å². The van der Waals surface area contributed by atoms with E-state index in [1.165, 1.54) is 5.56 Å². The molecule has 0 radical (unpaired) electrons. The van der Waals surface area contributed by atoms with Crippen molar-refractivity contribution in [2.24, 2.45) is 0 Å². The first-order valence-corrected chi connectivity index (χ1v) is 5.82. The number of aliphatic hydroxyl groups is 1. The van der Waals surface area contributed by atoms with Crippen LogP contribution in [0.4, 0.5) is 0 Å². The molecule has 0 unspecified atom stereocenters. The summed E-state index contributed by atoms with van der Waals surface area (Å²) >= 11 is 0. The van der Waals surface area contributed by atoms with Crippen LogP contribution in [0.5, 0.6) is 0 Å². The molecule has 0 atom stereocenters. The summed E-state index contributed by atoms with van der Waals surface area (Å²) in [5.41, 5.74) is 3.20. The van der Waals surface area contributed by atoms with Crippen molar-refractivity contribution < 1.29 is 14.7 Å². The summed E-state index contributed by atoms with van der Waals surface area (Å²) in [6.07, 6.45) is 5.21. The highest BCUT2D eigenvalue weighted by atomic mass is 16.3. The number of ketones is 2. The highest BCUT2D eigenvalue weighted by Gasteiger charge is 2.27. The smallest absolute Gasteiger partial charge is 0.233 e. The molecule has 1 N–H and O–H groups in total. The van der Waals surface area contributed by atoms with Crippen LogP contribution in [0.1, 0.15) is 39.9 Å². The second-order valence-electron chi connectivity index (χ2n) is 4.60. The molecule has 2 aliphatic carbocycles. The minimum atomic E-state index is -0.634. The molecule has 2 aliphatic rings. The van der Waals surface area contributed by atoms with Gasteiger partial charge in [0.1, 0.15) is 5.76 Å². The van der Waals surface area contributed by atoms with Crippen LogP contribution >= 0.6 is 0 Å². The lowest BCUT2D eigenvalue weighted by Gasteiger charge is -2.20. The Morgan fingerprint density at radius 3 is 2.18 bits per heavy atom. The number of aliphatic hydroxyl groups excluding tert-OH is 1. The van der Waals surface area contributed by atoms with Gasteiger partial charge in [-0.05, 0) is 48.9 Å². The van der Waals surface area contributed by atoms with Crippen molar-refractivity contribution in [3.63, 3.8) is 0 Å². The maximum Gasteiger partial charge on any atom is 0.233 e. The molecule has 3 rings (SSSR count). The highest BCUT2D eigenvalue weighted by Crippen LogP contribution is 2.30. The lowest BCUT2D eigenvalue weighted by atomic mass is 9.84. The summed E-state index contributed by atoms with van der Waals surface area (Å²) in [7, 11) is 0. The summed E-state index contributed by atoms with van der Waals surface area (Å²) in [5, 5.41) is 9.74. The van der Waals surface area contributed by atoms with Crippen molar-refractivity contribution in [2.45, 2.75) is 25.7 Å². The minimum Gasteiger partial charge on any atom is -0.507 e. The number of allylic oxidation sites excluding steroid dienone is 1. The van der Waals surface area contributed by atoms with Crippen molar-refractivity contribution >= 4 is 17.3 Å². The van der Waals surface area contributed by atoms with Crippen LogP contribution < -0.4 is 0 Å². The summed E-state index contributed by atoms with van der Waals surface area (Å²) < 4.78 is 0. The van der Waals surface area contributed by atoms with Gasteiger partial charge in [0.2, 0.25) is 11.6 Å². The van der Waals surface area contributed by atoms with Crippen molar-refractivity contribution in [1.82, 2.24) is 0 Å². The number of Topliss-reactive ketones (excluding diaryl/α,β-unsaturated/α-hetero) is 1. The number of carbonyl (C=O) groups excluding carboxylic acids is 2. The fourth-order valence-electron chi connectivity index (χ4n) is 2.59. The maximum atomic E-state index is 11.7. The van der Waals surface area contributed by atoms with E-state index in [4.69, 9.17) is 0 Å². The average molecular weight is 228 g/mol. The monoisotopic (exact) mass is 228 g/mol. The normalized spacial score (nSPS) is 18.5. The summed E-state index contributed by atoms with van der Waals surface area (Å²) in [6.45, 7) is 0. The highest BCUT2D eigenvalue weighted by molar-refractivity contribution is 6.50. The van der Waals surface area contributed by atoms with Gasteiger partial charge in [-0.2, -0.15) is 0 Å². The van der Waals surface area contributed by atoms with E-state index in [0.29, 0.717) is 11.1 Å². The molecule has 0 fully saturated rings. The van der Waals surface area contributed by atoms with Gasteiger partial charge in [0, 0.05) is 17.2 Å². The molecule has 0 bridgehead atoms. The van der Waals surface area contributed by atoms with Crippen LogP contribution in [0.15, 0.2) is 18.2 Å². The molecule has 3 heteroatoms. The first-order valence-electron chi connectivity index (χ1n) is 5.82. The van der Waals surface area contributed by atoms with Gasteiger partial charge < -0.3 is 5.11 Å². The van der Waals surface area contributed by atoms with Gasteiger partial charge in [0.05, 0.1) is 0 Å². The molecule has 0 saturated heterocycles. The number of carbonyl (C=O) groups is 2. The number of benzene rings is 1. The van der Waals surface area contributed by atoms with E-state index in [9.17, 15) is 14.7 Å². The Morgan fingerprint density at radius 2 is 1.53 bits per heavy atom. The quantitative estimate of drug-likeness (QED) is 0.693. The molecule has 0 heterocycles. The maximum absolute atomic E-state index is 11.7. The Balaban J connectivity index is 2.23. The third kappa shape index (κ3) is 1.50. The molecule has 0 aliphatic heterocycles. The number of aryl methyl sites for hydroxylation is 2. The van der Waals surface area contributed by atoms with Gasteiger partial charge in [-0.15, -0.1) is 0 Å². The van der Waals surface area contributed by atoms with Crippen molar-refractivity contribution in [2.75, 3.05) is 0 Å². The van der Waals surface area contributed by atoms with Crippen LogP contribution in [-0.2, 0) is 17.6 Å². The molecule has 0 aromatic heterocycles. The molecule has 0 amide bonds. The third-order valence-corrected chi connectivity index (χ3v) is 3.49. The minimum absolute atomic E-state index is 0.0852. The zero-order valence-electron chi connectivity index (χ0n) is 9.32. The fraction of sp³-hybridized carbons (Fsp3) is 0.286. The molecule has 86 valence electrons. The molecule has 0 spiro atoms. The second-order valence-corrected chi connectivity index (χ2v) is 4.60. The second kappa shape index (κ2) is 3.55. The Bertz CT molecular complexity index is 567. The van der Waals surface area contributed by atoms with Crippen LogP contribution in [0.25, 0.3) is 5.76 Å². The van der Waals surface area contributed by atoms with E-state index >= 15 is 0 Å². The van der Waals surface area contributed by atoms with E-state index in [2.05, 4.69) is 0 Å². The van der Waals surface area contributed by atoms with Gasteiger partial charge in [0.25, 0.3) is 0 Å². The summed E-state index contributed by atoms with van der Waals surface area (Å²) in [6, 6.07) is 3.65. The lowest BCUT2D eigenvalue weighted by molar-refractivity contribution is -0.111. The van der Waals surface area contributed by atoms with Crippen molar-refractivity contribution in [1.29, 1.82) is 0 Å². The molecule has 1 aromatic carbocycles. The first-order chi connectivity index (χ1) is 8.16. The molecular formula is C14H12O3. The Hall–Kier alpha value is -1.90. The van der Waals surface area contributed by atoms with Crippen LogP contribution in [0.2, 0.25) is 0 Å². The number of rotatable bonds is 0. The van der Waals surface area contributed by atoms with Gasteiger partial charge in [-0.3, -0.25) is 9.59 Å². The summed E-state index contributed by atoms with van der Waals surface area (Å²) in [4.78, 5) is 23.1. The van der Waals surface area contributed by atoms with Crippen molar-refractivity contribution in [3.05, 3.63) is 40.5 Å². The lowest BCUT2D eigenvalue weighted by Crippen LogP contribution is -2.20. The fourth-order valence-corrected chi connectivity index (χ4v) is 2.59. The standard InChI is InChI=1S/C14H12O3/c15-12-7-13(16)14(17)11-6-9-4-2-1-3-8(9)5-10(11)12/h5-7,15H,1-4H2. The molecule has 17 heavy (non-hydrogen) atoms. The first kappa shape index (κ1) is 10.3. The topological polar surface area (TPSA) is 54.4 Å². The van der Waals surface area contributed by atoms with E-state index < -0.39 is 11.6 Å². The van der Waals surface area contributed by atoms with Crippen LogP contribution in [0.3, 0.4) is 0 Å². The molecule has 1 aromatic rings. The Morgan fingerprint density at radius 1 is 0.941 bits per heavy atom. The molecule has 3 nitrogen and oxygen atoms in total. The predicted molar refractivity (Wildman–Crippen MR) is 63.0 cm³/mol. The molecular weight excluding hydrogens is 216 g/mol. The van der Waals surface area contributed by atoms with Gasteiger partial charge in [-0.1, -0.05) is 0 Å². The Kier molecular flexibility index (Phi) is 2.15. The van der Waals surface area contributed by atoms with Gasteiger partial charge >= 0.3 is 0 Å². The number of fused-ring (bicyclic) bond motifs is 2. The SMILES string of the molecule is O=C1C=C(O)c2cc3c(cc2C1=O)CCCC3. The molecule has 0 saturated carbocycles. The average Bonchev–Trinajstić information content (AvgIpc) is 2.34. The van der Waals surface area contributed by atoms with E-state index in [1.54, 1.807) is 6.07 Å². The van der Waals surface area contributed by atoms with E-state index in [1.807, 2.05) is 6.07 Å². The van der Waals surface area contributed by atoms with Gasteiger partial charge in [0.15, 0.2) is 0 Å². The Labute approximate surface area is 98.8 Å². The zero-order valence-corrected chi connectivity index (χ0v) is 9.32. The predicted octanol–water partition coefficient (Wildman–Crippen LogP) is 2.23.